The van der Waals surface area contributed by atoms with Crippen LogP contribution in [0.4, 0.5) is 0 Å². The number of hydrogen-bond acceptors (Lipinski definition) is 5. The minimum absolute atomic E-state index is 0.133. The van der Waals surface area contributed by atoms with Crippen LogP contribution in [0, 0.1) is 0 Å². The van der Waals surface area contributed by atoms with Gasteiger partial charge in [-0.05, 0) is 24.6 Å². The molecule has 156 valence electrons. The molecule has 0 unspecified atom stereocenters. The Kier molecular flexibility index (Phi) is 5.33. The van der Waals surface area contributed by atoms with E-state index in [1.807, 2.05) is 25.1 Å². The molecule has 0 radical (unpaired) electrons. The highest BCUT2D eigenvalue weighted by Gasteiger charge is 2.19. The average Bonchev–Trinajstić information content (AvgIpc) is 3.27. The van der Waals surface area contributed by atoms with Crippen LogP contribution in [0.2, 0.25) is 0 Å². The van der Waals surface area contributed by atoms with Crippen molar-refractivity contribution in [2.75, 3.05) is 0 Å². The highest BCUT2D eigenvalue weighted by molar-refractivity contribution is 9.10. The normalized spacial score (nSPS) is 11.4. The molecular formula is C20H20BrN5O4. The summed E-state index contributed by atoms with van der Waals surface area (Å²) in [5.74, 6) is -0.135. The molecule has 3 aromatic heterocycles. The van der Waals surface area contributed by atoms with E-state index in [2.05, 4.69) is 30.9 Å². The van der Waals surface area contributed by atoms with Crippen molar-refractivity contribution in [2.24, 2.45) is 7.05 Å². The first-order valence-corrected chi connectivity index (χ1v) is 10.3. The van der Waals surface area contributed by atoms with Crippen LogP contribution in [0.5, 0.6) is 0 Å². The fraction of sp³-hybridized carbons (Fsp3) is 0.300. The van der Waals surface area contributed by atoms with Gasteiger partial charge in [-0.2, -0.15) is 0 Å². The van der Waals surface area contributed by atoms with Crippen molar-refractivity contribution in [2.45, 2.75) is 32.9 Å². The van der Waals surface area contributed by atoms with Gasteiger partial charge in [-0.15, -0.1) is 0 Å². The number of unbranched alkanes of at least 4 members (excludes halogenated alkanes) is 1. The molecule has 2 N–H and O–H groups in total. The zero-order valence-electron chi connectivity index (χ0n) is 16.5. The zero-order valence-corrected chi connectivity index (χ0v) is 18.1. The van der Waals surface area contributed by atoms with Gasteiger partial charge in [-0.3, -0.25) is 14.3 Å². The summed E-state index contributed by atoms with van der Waals surface area (Å²) in [5, 5.41) is 0.740. The number of benzene rings is 1. The SMILES string of the molecule is CCCCn1c(=O)[nH]c(=O)c2c1nc(COC(=O)c1c[nH]c3ccc(Br)cc13)n2C. The molecule has 4 aromatic rings. The van der Waals surface area contributed by atoms with E-state index in [0.717, 1.165) is 28.2 Å². The smallest absolute Gasteiger partial charge is 0.340 e. The van der Waals surface area contributed by atoms with Gasteiger partial charge in [0.25, 0.3) is 5.56 Å². The number of imidazole rings is 1. The lowest BCUT2D eigenvalue weighted by molar-refractivity contribution is 0.0462. The molecule has 0 saturated heterocycles. The van der Waals surface area contributed by atoms with Gasteiger partial charge in [0.05, 0.1) is 5.56 Å². The number of carbonyl (C=O) groups excluding carboxylic acids is 1. The third-order valence-corrected chi connectivity index (χ3v) is 5.53. The molecule has 0 spiro atoms. The Morgan fingerprint density at radius 1 is 1.30 bits per heavy atom. The number of aromatic nitrogens is 5. The molecule has 0 fully saturated rings. The number of aryl methyl sites for hydroxylation is 2. The standard InChI is InChI=1S/C20H20BrN5O4/c1-3-4-7-26-17-16(18(27)24-20(26)29)25(2)15(23-17)10-30-19(28)13-9-22-14-6-5-11(21)8-12(13)14/h5-6,8-9,22H,3-4,7,10H2,1-2H3,(H,24,27,29). The molecule has 4 rings (SSSR count). The lowest BCUT2D eigenvalue weighted by atomic mass is 10.2. The summed E-state index contributed by atoms with van der Waals surface area (Å²) in [6, 6.07) is 5.58. The number of nitrogens with zero attached hydrogens (tertiary/aromatic N) is 3. The van der Waals surface area contributed by atoms with Gasteiger partial charge in [-0.1, -0.05) is 29.3 Å². The summed E-state index contributed by atoms with van der Waals surface area (Å²) in [5.41, 5.74) is 0.778. The van der Waals surface area contributed by atoms with E-state index in [1.54, 1.807) is 17.8 Å². The third-order valence-electron chi connectivity index (χ3n) is 5.04. The van der Waals surface area contributed by atoms with Gasteiger partial charge in [0.15, 0.2) is 11.2 Å². The van der Waals surface area contributed by atoms with Gasteiger partial charge < -0.3 is 14.3 Å². The molecule has 0 aliphatic rings. The Labute approximate surface area is 178 Å². The molecule has 10 heteroatoms. The molecule has 1 aromatic carbocycles. The number of rotatable bonds is 6. The van der Waals surface area contributed by atoms with Crippen molar-refractivity contribution in [3.05, 3.63) is 61.1 Å². The monoisotopic (exact) mass is 473 g/mol. The lowest BCUT2D eigenvalue weighted by Crippen LogP contribution is -2.31. The van der Waals surface area contributed by atoms with Gasteiger partial charge in [0, 0.05) is 35.2 Å². The molecular weight excluding hydrogens is 454 g/mol. The molecule has 0 amide bonds. The largest absolute Gasteiger partial charge is 0.454 e. The number of nitrogens with one attached hydrogen (secondary N) is 2. The minimum Gasteiger partial charge on any atom is -0.454 e. The van der Waals surface area contributed by atoms with E-state index < -0.39 is 17.2 Å². The lowest BCUT2D eigenvalue weighted by Gasteiger charge is -2.05. The van der Waals surface area contributed by atoms with E-state index in [1.165, 1.54) is 4.57 Å². The molecule has 0 saturated carbocycles. The van der Waals surface area contributed by atoms with Crippen LogP contribution >= 0.6 is 15.9 Å². The number of hydrogen-bond donors (Lipinski definition) is 2. The maximum Gasteiger partial charge on any atom is 0.340 e. The topological polar surface area (TPSA) is 115 Å². The van der Waals surface area contributed by atoms with Crippen LogP contribution in [-0.2, 0) is 24.9 Å². The van der Waals surface area contributed by atoms with E-state index in [9.17, 15) is 14.4 Å². The third kappa shape index (κ3) is 3.47. The molecule has 0 atom stereocenters. The van der Waals surface area contributed by atoms with Gasteiger partial charge in [0.2, 0.25) is 0 Å². The fourth-order valence-corrected chi connectivity index (χ4v) is 3.77. The maximum absolute atomic E-state index is 12.6. The first-order chi connectivity index (χ1) is 14.4. The number of fused-ring (bicyclic) bond motifs is 2. The quantitative estimate of drug-likeness (QED) is 0.417. The number of carbonyl (C=O) groups is 1. The molecule has 0 bridgehead atoms. The highest BCUT2D eigenvalue weighted by Crippen LogP contribution is 2.23. The zero-order chi connectivity index (χ0) is 21.4. The maximum atomic E-state index is 12.6. The number of H-pyrrole nitrogens is 2. The second kappa shape index (κ2) is 7.94. The second-order valence-corrected chi connectivity index (χ2v) is 7.91. The van der Waals surface area contributed by atoms with Crippen LogP contribution in [0.25, 0.3) is 22.1 Å². The van der Waals surface area contributed by atoms with Crippen molar-refractivity contribution < 1.29 is 9.53 Å². The van der Waals surface area contributed by atoms with E-state index in [0.29, 0.717) is 23.6 Å². The fourth-order valence-electron chi connectivity index (χ4n) is 3.41. The minimum atomic E-state index is -0.517. The average molecular weight is 474 g/mol. The molecule has 9 nitrogen and oxygen atoms in total. The van der Waals surface area contributed by atoms with Crippen LogP contribution in [0.3, 0.4) is 0 Å². The molecule has 0 aliphatic heterocycles. The van der Waals surface area contributed by atoms with Crippen LogP contribution < -0.4 is 11.2 Å². The summed E-state index contributed by atoms with van der Waals surface area (Å²) in [4.78, 5) is 47.0. The Morgan fingerprint density at radius 2 is 2.10 bits per heavy atom. The van der Waals surface area contributed by atoms with Gasteiger partial charge >= 0.3 is 11.7 Å². The van der Waals surface area contributed by atoms with E-state index in [-0.39, 0.29) is 12.1 Å². The van der Waals surface area contributed by atoms with Crippen molar-refractivity contribution in [3.63, 3.8) is 0 Å². The van der Waals surface area contributed by atoms with Crippen LogP contribution in [-0.4, -0.2) is 30.1 Å². The first-order valence-electron chi connectivity index (χ1n) is 9.53. The highest BCUT2D eigenvalue weighted by atomic mass is 79.9. The predicted octanol–water partition coefficient (Wildman–Crippen LogP) is 2.82. The van der Waals surface area contributed by atoms with Gasteiger partial charge in [0.1, 0.15) is 12.4 Å². The van der Waals surface area contributed by atoms with Crippen molar-refractivity contribution >= 4 is 44.0 Å². The Bertz CT molecular complexity index is 1380. The predicted molar refractivity (Wildman–Crippen MR) is 116 cm³/mol. The Morgan fingerprint density at radius 3 is 2.87 bits per heavy atom. The molecule has 3 heterocycles. The van der Waals surface area contributed by atoms with Crippen molar-refractivity contribution in [3.8, 4) is 0 Å². The number of esters is 1. The van der Waals surface area contributed by atoms with Crippen LogP contribution in [0.1, 0.15) is 35.9 Å². The number of halogens is 1. The number of aromatic amines is 2. The first kappa shape index (κ1) is 20.1. The van der Waals surface area contributed by atoms with E-state index >= 15 is 0 Å². The summed E-state index contributed by atoms with van der Waals surface area (Å²) < 4.78 is 9.31. The van der Waals surface area contributed by atoms with E-state index in [4.69, 9.17) is 4.74 Å². The van der Waals surface area contributed by atoms with Crippen LogP contribution in [0.15, 0.2) is 38.5 Å². The summed E-state index contributed by atoms with van der Waals surface area (Å²) in [7, 11) is 1.66. The molecule has 0 aliphatic carbocycles. The molecule has 30 heavy (non-hydrogen) atoms. The number of ether oxygens (including phenoxy) is 1. The Hall–Kier alpha value is -3.14. The van der Waals surface area contributed by atoms with Crippen molar-refractivity contribution in [1.29, 1.82) is 0 Å². The summed E-state index contributed by atoms with van der Waals surface area (Å²) >= 11 is 3.40. The Balaban J connectivity index is 1.65. The summed E-state index contributed by atoms with van der Waals surface area (Å²) in [6.45, 7) is 2.33. The van der Waals surface area contributed by atoms with Gasteiger partial charge in [-0.25, -0.2) is 14.6 Å². The van der Waals surface area contributed by atoms with Crippen molar-refractivity contribution in [1.82, 2.24) is 24.1 Å². The summed E-state index contributed by atoms with van der Waals surface area (Å²) in [6.07, 6.45) is 3.27. The second-order valence-electron chi connectivity index (χ2n) is 6.99.